The third-order valence-electron chi connectivity index (χ3n) is 5.75. The number of aryl methyl sites for hydroxylation is 1. The molecule has 1 heterocycles. The molecule has 0 fully saturated rings. The fourth-order valence-corrected chi connectivity index (χ4v) is 3.74. The number of rotatable bonds is 11. The van der Waals surface area contributed by atoms with E-state index in [4.69, 9.17) is 9.15 Å². The lowest BCUT2D eigenvalue weighted by Gasteiger charge is -2.15. The van der Waals surface area contributed by atoms with Gasteiger partial charge in [-0.1, -0.05) is 48.5 Å². The zero-order valence-corrected chi connectivity index (χ0v) is 19.7. The second kappa shape index (κ2) is 11.6. The first-order valence-electron chi connectivity index (χ1n) is 11.5. The number of aliphatic carboxylic acids is 1. The Morgan fingerprint density at radius 1 is 1.00 bits per heavy atom. The minimum Gasteiger partial charge on any atom is -0.480 e. The number of halogens is 2. The van der Waals surface area contributed by atoms with Crippen molar-refractivity contribution >= 4 is 5.97 Å². The highest BCUT2D eigenvalue weighted by molar-refractivity contribution is 5.74. The van der Waals surface area contributed by atoms with Gasteiger partial charge in [-0.15, -0.1) is 0 Å². The van der Waals surface area contributed by atoms with E-state index in [2.05, 4.69) is 10.3 Å². The first-order valence-corrected chi connectivity index (χ1v) is 11.5. The molecule has 4 rings (SSSR count). The van der Waals surface area contributed by atoms with Gasteiger partial charge < -0.3 is 14.3 Å². The summed E-state index contributed by atoms with van der Waals surface area (Å²) in [6.07, 6.45) is 0.795. The number of carboxylic acids is 1. The maximum Gasteiger partial charge on any atom is 0.321 e. The van der Waals surface area contributed by atoms with E-state index < -0.39 is 23.6 Å². The van der Waals surface area contributed by atoms with Crippen LogP contribution in [-0.4, -0.2) is 28.7 Å². The molecule has 4 aromatic rings. The summed E-state index contributed by atoms with van der Waals surface area (Å²) >= 11 is 0. The van der Waals surface area contributed by atoms with Gasteiger partial charge in [0, 0.05) is 24.1 Å². The highest BCUT2D eigenvalue weighted by Crippen LogP contribution is 2.26. The molecular formula is C28H26F2N2O4. The summed E-state index contributed by atoms with van der Waals surface area (Å²) < 4.78 is 39.2. The molecular weight excluding hydrogens is 466 g/mol. The number of benzene rings is 3. The third-order valence-corrected chi connectivity index (χ3v) is 5.75. The lowest BCUT2D eigenvalue weighted by atomic mass is 10.0. The predicted octanol–water partition coefficient (Wildman–Crippen LogP) is 5.34. The van der Waals surface area contributed by atoms with E-state index in [1.807, 2.05) is 54.6 Å². The molecule has 3 aromatic carbocycles. The monoisotopic (exact) mass is 492 g/mol. The van der Waals surface area contributed by atoms with Crippen molar-refractivity contribution in [2.45, 2.75) is 32.4 Å². The molecule has 0 spiro atoms. The number of carboxylic acid groups (broad SMARTS) is 1. The zero-order chi connectivity index (χ0) is 25.5. The average Bonchev–Trinajstić information content (AvgIpc) is 3.24. The largest absolute Gasteiger partial charge is 0.480 e. The van der Waals surface area contributed by atoms with Crippen LogP contribution in [0.1, 0.15) is 22.5 Å². The van der Waals surface area contributed by atoms with Crippen LogP contribution >= 0.6 is 0 Å². The number of carbonyl (C=O) groups is 1. The van der Waals surface area contributed by atoms with Crippen molar-refractivity contribution in [2.24, 2.45) is 0 Å². The highest BCUT2D eigenvalue weighted by Gasteiger charge is 2.19. The number of ether oxygens (including phenoxy) is 1. The second-order valence-electron chi connectivity index (χ2n) is 8.34. The lowest BCUT2D eigenvalue weighted by Crippen LogP contribution is -2.38. The third kappa shape index (κ3) is 6.34. The Morgan fingerprint density at radius 3 is 2.33 bits per heavy atom. The molecule has 0 radical (unpaired) electrons. The van der Waals surface area contributed by atoms with Gasteiger partial charge in [0.25, 0.3) is 5.88 Å². The molecule has 0 saturated carbocycles. The van der Waals surface area contributed by atoms with E-state index in [1.165, 1.54) is 6.07 Å². The van der Waals surface area contributed by atoms with Gasteiger partial charge in [0.05, 0.1) is 6.61 Å². The van der Waals surface area contributed by atoms with Crippen LogP contribution in [0.3, 0.4) is 0 Å². The molecule has 1 atom stereocenters. The SMILES string of the molecule is Cc1oc(-c2ccccc2)nc1OCCc1ccc(C[C@H](NCc2c(F)cccc2F)C(=O)O)cc1. The van der Waals surface area contributed by atoms with Crippen molar-refractivity contribution in [3.8, 4) is 17.3 Å². The molecule has 0 aliphatic heterocycles. The van der Waals surface area contributed by atoms with Crippen LogP contribution in [0.25, 0.3) is 11.5 Å². The van der Waals surface area contributed by atoms with Crippen LogP contribution in [0.2, 0.25) is 0 Å². The molecule has 1 aromatic heterocycles. The van der Waals surface area contributed by atoms with Gasteiger partial charge in [0.2, 0.25) is 5.89 Å². The minimum atomic E-state index is -1.10. The first kappa shape index (κ1) is 25.1. The zero-order valence-electron chi connectivity index (χ0n) is 19.7. The number of hydrogen-bond acceptors (Lipinski definition) is 5. The van der Waals surface area contributed by atoms with Crippen molar-refractivity contribution in [2.75, 3.05) is 6.61 Å². The maximum absolute atomic E-state index is 13.8. The van der Waals surface area contributed by atoms with E-state index >= 15 is 0 Å². The molecule has 8 heteroatoms. The quantitative estimate of drug-likeness (QED) is 0.294. The molecule has 0 amide bonds. The molecule has 0 bridgehead atoms. The minimum absolute atomic E-state index is 0.169. The van der Waals surface area contributed by atoms with Crippen molar-refractivity contribution in [3.63, 3.8) is 0 Å². The summed E-state index contributed by atoms with van der Waals surface area (Å²) in [5, 5.41) is 12.3. The summed E-state index contributed by atoms with van der Waals surface area (Å²) in [5.41, 5.74) is 2.49. The van der Waals surface area contributed by atoms with Gasteiger partial charge in [-0.2, -0.15) is 4.98 Å². The smallest absolute Gasteiger partial charge is 0.321 e. The summed E-state index contributed by atoms with van der Waals surface area (Å²) in [5.74, 6) is -0.960. The van der Waals surface area contributed by atoms with Crippen LogP contribution in [-0.2, 0) is 24.2 Å². The van der Waals surface area contributed by atoms with E-state index in [9.17, 15) is 18.7 Å². The van der Waals surface area contributed by atoms with Crippen LogP contribution in [0.5, 0.6) is 5.88 Å². The molecule has 0 aliphatic rings. The molecule has 6 nitrogen and oxygen atoms in total. The molecule has 186 valence electrons. The lowest BCUT2D eigenvalue weighted by molar-refractivity contribution is -0.139. The standard InChI is InChI=1S/C28H26F2N2O4/c1-18-26(32-27(36-18)21-6-3-2-4-7-21)35-15-14-19-10-12-20(13-11-19)16-25(28(33)34)31-17-22-23(29)8-5-9-24(22)30/h2-13,25,31H,14-17H2,1H3,(H,33,34)/t25-/m0/s1. The Hall–Kier alpha value is -4.04. The topological polar surface area (TPSA) is 84.6 Å². The van der Waals surface area contributed by atoms with Gasteiger partial charge in [-0.05, 0) is 48.7 Å². The summed E-state index contributed by atoms with van der Waals surface area (Å²) in [7, 11) is 0. The highest BCUT2D eigenvalue weighted by atomic mass is 19.1. The summed E-state index contributed by atoms with van der Waals surface area (Å²) in [6.45, 7) is 1.98. The van der Waals surface area contributed by atoms with Crippen molar-refractivity contribution in [1.82, 2.24) is 10.3 Å². The first-order chi connectivity index (χ1) is 17.4. The molecule has 2 N–H and O–H groups in total. The van der Waals surface area contributed by atoms with Crippen LogP contribution in [0, 0.1) is 18.6 Å². The van der Waals surface area contributed by atoms with E-state index in [1.54, 1.807) is 6.92 Å². The Kier molecular flexibility index (Phi) is 8.07. The fraction of sp³-hybridized carbons (Fsp3) is 0.214. The maximum atomic E-state index is 13.8. The molecule has 36 heavy (non-hydrogen) atoms. The Morgan fingerprint density at radius 2 is 1.67 bits per heavy atom. The van der Waals surface area contributed by atoms with Gasteiger partial charge >= 0.3 is 5.97 Å². The van der Waals surface area contributed by atoms with Crippen LogP contribution < -0.4 is 10.1 Å². The van der Waals surface area contributed by atoms with Crippen molar-refractivity contribution in [3.05, 3.63) is 107 Å². The Balaban J connectivity index is 1.30. The van der Waals surface area contributed by atoms with Gasteiger partial charge in [-0.3, -0.25) is 10.1 Å². The fourth-order valence-electron chi connectivity index (χ4n) is 3.74. The Labute approximate surface area is 207 Å². The Bertz CT molecular complexity index is 1290. The molecule has 0 aliphatic carbocycles. The molecule has 0 unspecified atom stereocenters. The normalized spacial score (nSPS) is 11.9. The molecule has 0 saturated heterocycles. The predicted molar refractivity (Wildman–Crippen MR) is 131 cm³/mol. The van der Waals surface area contributed by atoms with E-state index in [0.29, 0.717) is 30.6 Å². The van der Waals surface area contributed by atoms with Crippen molar-refractivity contribution in [1.29, 1.82) is 0 Å². The van der Waals surface area contributed by atoms with Gasteiger partial charge in [0.15, 0.2) is 5.76 Å². The van der Waals surface area contributed by atoms with E-state index in [0.717, 1.165) is 28.8 Å². The summed E-state index contributed by atoms with van der Waals surface area (Å²) in [4.78, 5) is 16.1. The number of nitrogens with one attached hydrogen (secondary N) is 1. The van der Waals surface area contributed by atoms with Crippen molar-refractivity contribution < 1.29 is 27.8 Å². The van der Waals surface area contributed by atoms with E-state index in [-0.39, 0.29) is 18.5 Å². The second-order valence-corrected chi connectivity index (χ2v) is 8.34. The number of oxazole rings is 1. The van der Waals surface area contributed by atoms with Gasteiger partial charge in [-0.25, -0.2) is 8.78 Å². The van der Waals surface area contributed by atoms with Crippen LogP contribution in [0.15, 0.2) is 77.2 Å². The summed E-state index contributed by atoms with van der Waals surface area (Å²) in [6, 6.07) is 19.6. The average molecular weight is 493 g/mol. The number of aromatic nitrogens is 1. The van der Waals surface area contributed by atoms with Gasteiger partial charge in [0.1, 0.15) is 17.7 Å². The number of nitrogens with zero attached hydrogens (tertiary/aromatic N) is 1. The van der Waals surface area contributed by atoms with Crippen LogP contribution in [0.4, 0.5) is 8.78 Å². The number of hydrogen-bond donors (Lipinski definition) is 2.